The van der Waals surface area contributed by atoms with Gasteiger partial charge in [0.15, 0.2) is 5.65 Å². The molecule has 2 aliphatic rings. The summed E-state index contributed by atoms with van der Waals surface area (Å²) in [4.78, 5) is 21.4. The van der Waals surface area contributed by atoms with Gasteiger partial charge >= 0.3 is 0 Å². The third-order valence-electron chi connectivity index (χ3n) is 5.40. The van der Waals surface area contributed by atoms with Gasteiger partial charge in [-0.3, -0.25) is 14.5 Å². The molecule has 144 valence electrons. The first-order valence-corrected chi connectivity index (χ1v) is 9.14. The van der Waals surface area contributed by atoms with Crippen LogP contribution in [0.4, 0.5) is 17.3 Å². The minimum Gasteiger partial charge on any atom is -0.378 e. The van der Waals surface area contributed by atoms with Gasteiger partial charge < -0.3 is 15.4 Å². The molecule has 5 heterocycles. The minimum atomic E-state index is -0.528. The smallest absolute Gasteiger partial charge is 0.247 e. The van der Waals surface area contributed by atoms with Gasteiger partial charge in [-0.05, 0) is 17.7 Å². The van der Waals surface area contributed by atoms with E-state index in [1.165, 1.54) is 0 Å². The Morgan fingerprint density at radius 1 is 1.31 bits per heavy atom. The number of anilines is 3. The summed E-state index contributed by atoms with van der Waals surface area (Å²) in [6.07, 6.45) is 7.05. The summed E-state index contributed by atoms with van der Waals surface area (Å²) in [5.41, 5.74) is 4.23. The van der Waals surface area contributed by atoms with Crippen molar-refractivity contribution in [3.63, 3.8) is 0 Å². The second-order valence-corrected chi connectivity index (χ2v) is 7.30. The fourth-order valence-corrected chi connectivity index (χ4v) is 3.85. The van der Waals surface area contributed by atoms with Crippen molar-refractivity contribution in [3.05, 3.63) is 48.5 Å². The number of amides is 1. The number of rotatable bonds is 3. The molecule has 3 aromatic heterocycles. The predicted octanol–water partition coefficient (Wildman–Crippen LogP) is 1.49. The molecule has 10 nitrogen and oxygen atoms in total. The number of aryl methyl sites for hydroxylation is 1. The van der Waals surface area contributed by atoms with E-state index in [1.54, 1.807) is 27.8 Å². The number of nitrogens with zero attached hydrogens (tertiary/aromatic N) is 6. The molecule has 0 aliphatic carbocycles. The van der Waals surface area contributed by atoms with E-state index in [4.69, 9.17) is 4.74 Å². The number of hydrogen-bond acceptors (Lipinski definition) is 7. The number of aromatic nitrogens is 6. The van der Waals surface area contributed by atoms with Gasteiger partial charge in [0.05, 0.1) is 19.4 Å². The Kier molecular flexibility index (Phi) is 3.13. The second kappa shape index (κ2) is 5.61. The van der Waals surface area contributed by atoms with E-state index in [2.05, 4.69) is 30.8 Å². The zero-order valence-corrected chi connectivity index (χ0v) is 15.5. The van der Waals surface area contributed by atoms with Crippen LogP contribution in [0.15, 0.2) is 43.0 Å². The maximum Gasteiger partial charge on any atom is 0.247 e. The Labute approximate surface area is 164 Å². The van der Waals surface area contributed by atoms with Gasteiger partial charge in [-0.25, -0.2) is 4.52 Å². The second-order valence-electron chi connectivity index (χ2n) is 7.30. The topological polar surface area (TPSA) is 111 Å². The molecule has 10 heteroatoms. The van der Waals surface area contributed by atoms with Crippen LogP contribution in [-0.2, 0) is 22.0 Å². The van der Waals surface area contributed by atoms with Crippen LogP contribution in [0.5, 0.6) is 0 Å². The van der Waals surface area contributed by atoms with E-state index < -0.39 is 5.41 Å². The Hall–Kier alpha value is -3.79. The Balaban J connectivity index is 1.35. The molecule has 2 N–H and O–H groups in total. The molecule has 2 aliphatic heterocycles. The molecule has 6 rings (SSSR count). The number of nitrogens with one attached hydrogen (secondary N) is 2. The fourth-order valence-electron chi connectivity index (χ4n) is 3.85. The highest BCUT2D eigenvalue weighted by Gasteiger charge is 2.52. The number of ether oxygens (including phenoxy) is 1. The lowest BCUT2D eigenvalue weighted by Gasteiger charge is -2.35. The van der Waals surface area contributed by atoms with Crippen LogP contribution in [0, 0.1) is 0 Å². The molecular formula is C19H16N8O2. The normalized spacial score (nSPS) is 16.7. The van der Waals surface area contributed by atoms with Crippen LogP contribution >= 0.6 is 0 Å². The third-order valence-corrected chi connectivity index (χ3v) is 5.40. The number of benzene rings is 1. The molecule has 0 atom stereocenters. The van der Waals surface area contributed by atoms with Crippen molar-refractivity contribution in [2.75, 3.05) is 23.8 Å². The van der Waals surface area contributed by atoms with E-state index in [0.717, 1.165) is 22.5 Å². The zero-order valence-electron chi connectivity index (χ0n) is 15.5. The van der Waals surface area contributed by atoms with Crippen molar-refractivity contribution in [2.45, 2.75) is 5.41 Å². The van der Waals surface area contributed by atoms with Gasteiger partial charge in [-0.1, -0.05) is 6.07 Å². The first kappa shape index (κ1) is 16.2. The highest BCUT2D eigenvalue weighted by Crippen LogP contribution is 2.44. The Morgan fingerprint density at radius 3 is 2.97 bits per heavy atom. The molecule has 29 heavy (non-hydrogen) atoms. The summed E-state index contributed by atoms with van der Waals surface area (Å²) < 4.78 is 8.68. The lowest BCUT2D eigenvalue weighted by Crippen LogP contribution is -2.51. The standard InChI is InChI=1S/C19H16N8O2/c1-26-8-11(7-21-26)15-16-24-18(25-27(16)5-4-20-15)22-12-2-3-13-14(6-12)23-17(28)19(13)9-29-10-19/h2-8H,9-10H2,1H3,(H,22,25)(H,23,28). The van der Waals surface area contributed by atoms with Crippen LogP contribution in [0.2, 0.25) is 0 Å². The average molecular weight is 388 g/mol. The molecule has 0 unspecified atom stereocenters. The molecule has 1 aromatic carbocycles. The van der Waals surface area contributed by atoms with Crippen molar-refractivity contribution >= 4 is 28.9 Å². The molecule has 1 spiro atoms. The van der Waals surface area contributed by atoms with Gasteiger partial charge in [0.2, 0.25) is 11.9 Å². The Morgan fingerprint density at radius 2 is 2.21 bits per heavy atom. The largest absolute Gasteiger partial charge is 0.378 e. The number of hydrogen-bond donors (Lipinski definition) is 2. The highest BCUT2D eigenvalue weighted by molar-refractivity contribution is 6.07. The molecular weight excluding hydrogens is 372 g/mol. The summed E-state index contributed by atoms with van der Waals surface area (Å²) in [6, 6.07) is 5.77. The van der Waals surface area contributed by atoms with Crippen LogP contribution in [0.3, 0.4) is 0 Å². The van der Waals surface area contributed by atoms with Gasteiger partial charge in [-0.2, -0.15) is 10.1 Å². The van der Waals surface area contributed by atoms with Crippen LogP contribution in [0.25, 0.3) is 16.9 Å². The number of fused-ring (bicyclic) bond motifs is 3. The van der Waals surface area contributed by atoms with Crippen molar-refractivity contribution in [1.29, 1.82) is 0 Å². The molecule has 0 bridgehead atoms. The summed E-state index contributed by atoms with van der Waals surface area (Å²) in [5.74, 6) is 0.433. The van der Waals surface area contributed by atoms with Crippen molar-refractivity contribution in [1.82, 2.24) is 29.4 Å². The van der Waals surface area contributed by atoms with E-state index in [0.29, 0.717) is 30.5 Å². The quantitative estimate of drug-likeness (QED) is 0.547. The highest BCUT2D eigenvalue weighted by atomic mass is 16.5. The predicted molar refractivity (Wildman–Crippen MR) is 104 cm³/mol. The monoisotopic (exact) mass is 388 g/mol. The SMILES string of the molecule is Cn1cc(-c2nccn3nc(Nc4ccc5c(c4)NC(=O)C54COC4)nc23)cn1. The molecule has 1 fully saturated rings. The number of carbonyl (C=O) groups is 1. The third kappa shape index (κ3) is 2.29. The lowest BCUT2D eigenvalue weighted by atomic mass is 9.80. The van der Waals surface area contributed by atoms with E-state index in [1.807, 2.05) is 31.4 Å². The maximum atomic E-state index is 12.3. The summed E-state index contributed by atoms with van der Waals surface area (Å²) in [6.45, 7) is 0.855. The average Bonchev–Trinajstić information content (AvgIpc) is 3.34. The van der Waals surface area contributed by atoms with E-state index in [-0.39, 0.29) is 5.91 Å². The summed E-state index contributed by atoms with van der Waals surface area (Å²) >= 11 is 0. The van der Waals surface area contributed by atoms with Gasteiger partial charge in [-0.15, -0.1) is 5.10 Å². The van der Waals surface area contributed by atoms with E-state index in [9.17, 15) is 4.79 Å². The first-order valence-electron chi connectivity index (χ1n) is 9.14. The summed E-state index contributed by atoms with van der Waals surface area (Å²) in [7, 11) is 1.85. The first-order chi connectivity index (χ1) is 14.1. The van der Waals surface area contributed by atoms with Crippen molar-refractivity contribution < 1.29 is 9.53 Å². The molecule has 1 amide bonds. The Bertz CT molecular complexity index is 1290. The van der Waals surface area contributed by atoms with Gasteiger partial charge in [0, 0.05) is 42.6 Å². The van der Waals surface area contributed by atoms with Crippen molar-refractivity contribution in [3.8, 4) is 11.3 Å². The molecule has 1 saturated heterocycles. The van der Waals surface area contributed by atoms with Crippen molar-refractivity contribution in [2.24, 2.45) is 7.05 Å². The van der Waals surface area contributed by atoms with Gasteiger partial charge in [0.25, 0.3) is 0 Å². The number of carbonyl (C=O) groups excluding carboxylic acids is 1. The fraction of sp³-hybridized carbons (Fsp3) is 0.211. The van der Waals surface area contributed by atoms with Gasteiger partial charge in [0.1, 0.15) is 11.1 Å². The molecule has 4 aromatic rings. The lowest BCUT2D eigenvalue weighted by molar-refractivity contribution is -0.138. The maximum absolute atomic E-state index is 12.3. The van der Waals surface area contributed by atoms with Crippen LogP contribution in [0.1, 0.15) is 5.56 Å². The van der Waals surface area contributed by atoms with E-state index >= 15 is 0 Å². The zero-order chi connectivity index (χ0) is 19.6. The minimum absolute atomic E-state index is 0.00561. The van der Waals surface area contributed by atoms with Crippen LogP contribution in [-0.4, -0.2) is 48.5 Å². The molecule has 0 saturated carbocycles. The molecule has 0 radical (unpaired) electrons. The van der Waals surface area contributed by atoms with Crippen LogP contribution < -0.4 is 10.6 Å². The summed E-state index contributed by atoms with van der Waals surface area (Å²) in [5, 5.41) is 14.8.